The van der Waals surface area contributed by atoms with Gasteiger partial charge in [0.05, 0.1) is 17.1 Å². The molecule has 0 spiro atoms. The summed E-state index contributed by atoms with van der Waals surface area (Å²) < 4.78 is 1.58. The van der Waals surface area contributed by atoms with Crippen LogP contribution >= 0.6 is 34.5 Å². The predicted octanol–water partition coefficient (Wildman–Crippen LogP) is 4.25. The summed E-state index contributed by atoms with van der Waals surface area (Å²) in [7, 11) is 0. The van der Waals surface area contributed by atoms with E-state index in [9.17, 15) is 9.59 Å². The Labute approximate surface area is 179 Å². The van der Waals surface area contributed by atoms with Crippen LogP contribution in [0.2, 0.25) is 10.0 Å². The van der Waals surface area contributed by atoms with Crippen LogP contribution in [0.25, 0.3) is 16.9 Å². The standard InChI is InChI=1S/C19H15Cl2N5O2S/c1-9-12(10(2)26-16(22-9)7-18(28)25-26)6-17(27)24-19-23-15(8-29-19)13-5-11(20)3-4-14(13)21/h3-5,7-8H,6H2,1-2H3,(H,25,28)(H,23,24,27). The number of nitrogens with zero attached hydrogens (tertiary/aromatic N) is 3. The molecule has 0 bridgehead atoms. The van der Waals surface area contributed by atoms with Crippen LogP contribution in [0.3, 0.4) is 0 Å². The molecule has 148 valence electrons. The molecule has 29 heavy (non-hydrogen) atoms. The molecule has 2 N–H and O–H groups in total. The highest BCUT2D eigenvalue weighted by Gasteiger charge is 2.16. The Balaban J connectivity index is 1.55. The molecule has 4 aromatic rings. The third-order valence-electron chi connectivity index (χ3n) is 4.49. The highest BCUT2D eigenvalue weighted by Crippen LogP contribution is 2.32. The fraction of sp³-hybridized carbons (Fsp3) is 0.158. The molecule has 1 aromatic carbocycles. The van der Waals surface area contributed by atoms with Crippen LogP contribution in [0.15, 0.2) is 34.4 Å². The number of H-pyrrole nitrogens is 1. The lowest BCUT2D eigenvalue weighted by atomic mass is 10.1. The van der Waals surface area contributed by atoms with Gasteiger partial charge in [0, 0.05) is 39.0 Å². The van der Waals surface area contributed by atoms with Crippen molar-refractivity contribution in [2.75, 3.05) is 5.32 Å². The van der Waals surface area contributed by atoms with Gasteiger partial charge in [-0.25, -0.2) is 14.5 Å². The summed E-state index contributed by atoms with van der Waals surface area (Å²) in [6.07, 6.45) is 0.105. The number of aryl methyl sites for hydroxylation is 2. The van der Waals surface area contributed by atoms with Gasteiger partial charge in [0.25, 0.3) is 5.56 Å². The van der Waals surface area contributed by atoms with Crippen molar-refractivity contribution in [1.82, 2.24) is 19.6 Å². The van der Waals surface area contributed by atoms with Gasteiger partial charge >= 0.3 is 0 Å². The van der Waals surface area contributed by atoms with Crippen LogP contribution in [-0.2, 0) is 11.2 Å². The van der Waals surface area contributed by atoms with Gasteiger partial charge in [-0.1, -0.05) is 23.2 Å². The van der Waals surface area contributed by atoms with Crippen molar-refractivity contribution < 1.29 is 4.79 Å². The number of aromatic amines is 1. The van der Waals surface area contributed by atoms with E-state index in [1.807, 2.05) is 19.2 Å². The van der Waals surface area contributed by atoms with E-state index in [1.165, 1.54) is 17.4 Å². The van der Waals surface area contributed by atoms with Crippen molar-refractivity contribution in [3.63, 3.8) is 0 Å². The summed E-state index contributed by atoms with van der Waals surface area (Å²) in [5.41, 5.74) is 3.83. The molecule has 0 fully saturated rings. The quantitative estimate of drug-likeness (QED) is 0.488. The van der Waals surface area contributed by atoms with Gasteiger partial charge < -0.3 is 5.32 Å². The van der Waals surface area contributed by atoms with E-state index in [4.69, 9.17) is 23.2 Å². The largest absolute Gasteiger partial charge is 0.302 e. The lowest BCUT2D eigenvalue weighted by molar-refractivity contribution is -0.115. The topological polar surface area (TPSA) is 92.1 Å². The van der Waals surface area contributed by atoms with Crippen molar-refractivity contribution in [3.8, 4) is 11.3 Å². The van der Waals surface area contributed by atoms with Gasteiger partial charge in [-0.05, 0) is 32.0 Å². The van der Waals surface area contributed by atoms with Gasteiger partial charge in [-0.15, -0.1) is 11.3 Å². The second kappa shape index (κ2) is 7.62. The number of halogens is 2. The van der Waals surface area contributed by atoms with Crippen molar-refractivity contribution in [3.05, 3.63) is 67.0 Å². The Hall–Kier alpha value is -2.68. The van der Waals surface area contributed by atoms with Crippen LogP contribution in [0.4, 0.5) is 5.13 Å². The molecule has 3 aromatic heterocycles. The normalized spacial score (nSPS) is 11.2. The fourth-order valence-electron chi connectivity index (χ4n) is 3.08. The molecule has 0 radical (unpaired) electrons. The molecular formula is C19H15Cl2N5O2S. The van der Waals surface area contributed by atoms with E-state index in [0.29, 0.717) is 37.8 Å². The first kappa shape index (κ1) is 19.6. The minimum absolute atomic E-state index is 0.105. The number of anilines is 1. The number of fused-ring (bicyclic) bond motifs is 1. The second-order valence-electron chi connectivity index (χ2n) is 6.46. The van der Waals surface area contributed by atoms with Gasteiger partial charge in [0.15, 0.2) is 10.8 Å². The number of carbonyl (C=O) groups excluding carboxylic acids is 1. The molecule has 10 heteroatoms. The van der Waals surface area contributed by atoms with Crippen LogP contribution in [0.1, 0.15) is 17.0 Å². The summed E-state index contributed by atoms with van der Waals surface area (Å²) in [5, 5.41) is 8.84. The van der Waals surface area contributed by atoms with Gasteiger partial charge in [-0.2, -0.15) is 0 Å². The molecule has 0 aliphatic heterocycles. The Bertz CT molecular complexity index is 1310. The number of amides is 1. The van der Waals surface area contributed by atoms with Crippen LogP contribution in [0.5, 0.6) is 0 Å². The fourth-order valence-corrected chi connectivity index (χ4v) is 4.20. The Morgan fingerprint density at radius 3 is 2.83 bits per heavy atom. The summed E-state index contributed by atoms with van der Waals surface area (Å²) in [4.78, 5) is 33.0. The molecule has 0 aliphatic rings. The molecule has 0 atom stereocenters. The molecule has 4 rings (SSSR count). The predicted molar refractivity (Wildman–Crippen MR) is 115 cm³/mol. The molecule has 0 saturated carbocycles. The van der Waals surface area contributed by atoms with Gasteiger partial charge in [0.1, 0.15) is 0 Å². The molecule has 7 nitrogen and oxygen atoms in total. The van der Waals surface area contributed by atoms with E-state index in [2.05, 4.69) is 20.4 Å². The lowest BCUT2D eigenvalue weighted by Gasteiger charge is -2.11. The van der Waals surface area contributed by atoms with E-state index in [-0.39, 0.29) is 17.9 Å². The zero-order chi connectivity index (χ0) is 20.7. The minimum Gasteiger partial charge on any atom is -0.302 e. The van der Waals surface area contributed by atoms with Gasteiger partial charge in [0.2, 0.25) is 5.91 Å². The molecule has 0 saturated heterocycles. The van der Waals surface area contributed by atoms with E-state index < -0.39 is 0 Å². The number of carbonyl (C=O) groups is 1. The first-order valence-electron chi connectivity index (χ1n) is 8.60. The van der Waals surface area contributed by atoms with Crippen molar-refractivity contribution in [2.45, 2.75) is 20.3 Å². The molecule has 3 heterocycles. The first-order chi connectivity index (χ1) is 13.8. The maximum atomic E-state index is 12.6. The van der Waals surface area contributed by atoms with Crippen LogP contribution in [0, 0.1) is 13.8 Å². The zero-order valence-corrected chi connectivity index (χ0v) is 17.7. The minimum atomic E-state index is -0.239. The summed E-state index contributed by atoms with van der Waals surface area (Å²) >= 11 is 13.6. The number of hydrogen-bond donors (Lipinski definition) is 2. The van der Waals surface area contributed by atoms with Crippen LogP contribution in [-0.4, -0.2) is 25.5 Å². The first-order valence-corrected chi connectivity index (χ1v) is 10.2. The number of thiazole rings is 1. The van der Waals surface area contributed by atoms with Crippen molar-refractivity contribution in [2.24, 2.45) is 0 Å². The monoisotopic (exact) mass is 447 g/mol. The second-order valence-corrected chi connectivity index (χ2v) is 8.16. The maximum absolute atomic E-state index is 12.6. The smallest absolute Gasteiger partial charge is 0.266 e. The number of benzene rings is 1. The van der Waals surface area contributed by atoms with E-state index in [1.54, 1.807) is 22.7 Å². The van der Waals surface area contributed by atoms with E-state index >= 15 is 0 Å². The van der Waals surface area contributed by atoms with Crippen molar-refractivity contribution in [1.29, 1.82) is 0 Å². The molecular weight excluding hydrogens is 433 g/mol. The summed E-state index contributed by atoms with van der Waals surface area (Å²) in [6, 6.07) is 6.56. The SMILES string of the molecule is Cc1nc2cc(=O)[nH]n2c(C)c1CC(=O)Nc1nc(-c2cc(Cl)ccc2Cl)cs1. The number of hydrogen-bond acceptors (Lipinski definition) is 5. The number of rotatable bonds is 4. The van der Waals surface area contributed by atoms with Gasteiger partial charge in [-0.3, -0.25) is 14.7 Å². The summed E-state index contributed by atoms with van der Waals surface area (Å²) in [5.74, 6) is -0.232. The van der Waals surface area contributed by atoms with E-state index in [0.717, 1.165) is 11.3 Å². The third kappa shape index (κ3) is 3.91. The molecule has 0 unspecified atom stereocenters. The Kier molecular flexibility index (Phi) is 5.16. The average Bonchev–Trinajstić information content (AvgIpc) is 3.27. The average molecular weight is 448 g/mol. The third-order valence-corrected chi connectivity index (χ3v) is 5.82. The highest BCUT2D eigenvalue weighted by molar-refractivity contribution is 7.14. The maximum Gasteiger partial charge on any atom is 0.266 e. The molecule has 0 aliphatic carbocycles. The Morgan fingerprint density at radius 1 is 1.24 bits per heavy atom. The number of nitrogens with one attached hydrogen (secondary N) is 2. The highest BCUT2D eigenvalue weighted by atomic mass is 35.5. The van der Waals surface area contributed by atoms with Crippen molar-refractivity contribution >= 4 is 51.2 Å². The zero-order valence-electron chi connectivity index (χ0n) is 15.4. The lowest BCUT2D eigenvalue weighted by Crippen LogP contribution is -2.17. The summed E-state index contributed by atoms with van der Waals surface area (Å²) in [6.45, 7) is 3.65. The Morgan fingerprint density at radius 2 is 2.03 bits per heavy atom. The number of aromatic nitrogens is 4. The molecule has 1 amide bonds. The van der Waals surface area contributed by atoms with Crippen LogP contribution < -0.4 is 10.9 Å².